The Morgan fingerprint density at radius 3 is 2.33 bits per heavy atom. The van der Waals surface area contributed by atoms with Crippen LogP contribution in [0.15, 0.2) is 18.2 Å². The van der Waals surface area contributed by atoms with Gasteiger partial charge in [0.05, 0.1) is 24.6 Å². The first-order valence-corrected chi connectivity index (χ1v) is 8.46. The van der Waals surface area contributed by atoms with Crippen molar-refractivity contribution in [1.82, 2.24) is 0 Å². The van der Waals surface area contributed by atoms with Gasteiger partial charge >= 0.3 is 5.97 Å². The summed E-state index contributed by atoms with van der Waals surface area (Å²) in [7, 11) is 1.56. The van der Waals surface area contributed by atoms with Gasteiger partial charge in [0.15, 0.2) is 0 Å². The Balaban J connectivity index is 2.25. The molecular weight excluding hydrogens is 306 g/mol. The SMILES string of the molecule is COc1ccc(C(C)(C)C)cc1NC(=O)[C@@H]1CCCC[C@H]1C(=O)O. The first-order valence-electron chi connectivity index (χ1n) is 8.46. The van der Waals surface area contributed by atoms with Crippen molar-refractivity contribution in [2.75, 3.05) is 12.4 Å². The van der Waals surface area contributed by atoms with Crippen LogP contribution in [0.2, 0.25) is 0 Å². The zero-order valence-electron chi connectivity index (χ0n) is 14.9. The molecule has 0 aliphatic heterocycles. The van der Waals surface area contributed by atoms with Gasteiger partial charge in [0.1, 0.15) is 5.75 Å². The first kappa shape index (κ1) is 18.3. The molecule has 0 heterocycles. The highest BCUT2D eigenvalue weighted by Crippen LogP contribution is 2.34. The summed E-state index contributed by atoms with van der Waals surface area (Å²) in [6, 6.07) is 5.73. The number of carboxylic acid groups (broad SMARTS) is 1. The molecule has 1 aromatic rings. The molecule has 1 amide bonds. The van der Waals surface area contributed by atoms with Crippen molar-refractivity contribution >= 4 is 17.6 Å². The van der Waals surface area contributed by atoms with Gasteiger partial charge in [0.2, 0.25) is 5.91 Å². The summed E-state index contributed by atoms with van der Waals surface area (Å²) >= 11 is 0. The van der Waals surface area contributed by atoms with Crippen molar-refractivity contribution in [2.24, 2.45) is 11.8 Å². The fourth-order valence-electron chi connectivity index (χ4n) is 3.24. The molecule has 0 unspecified atom stereocenters. The van der Waals surface area contributed by atoms with Gasteiger partial charge in [-0.05, 0) is 36.0 Å². The van der Waals surface area contributed by atoms with Crippen LogP contribution in [0.5, 0.6) is 5.75 Å². The molecule has 2 atom stereocenters. The monoisotopic (exact) mass is 333 g/mol. The van der Waals surface area contributed by atoms with E-state index >= 15 is 0 Å². The number of carboxylic acids is 1. The molecule has 1 aromatic carbocycles. The van der Waals surface area contributed by atoms with E-state index < -0.39 is 17.8 Å². The van der Waals surface area contributed by atoms with Gasteiger partial charge in [0, 0.05) is 0 Å². The molecule has 2 rings (SSSR count). The van der Waals surface area contributed by atoms with Crippen LogP contribution in [-0.4, -0.2) is 24.1 Å². The van der Waals surface area contributed by atoms with E-state index in [2.05, 4.69) is 26.1 Å². The summed E-state index contributed by atoms with van der Waals surface area (Å²) in [5.74, 6) is -1.62. The van der Waals surface area contributed by atoms with Crippen molar-refractivity contribution in [1.29, 1.82) is 0 Å². The van der Waals surface area contributed by atoms with Gasteiger partial charge in [-0.15, -0.1) is 0 Å². The number of carbonyl (C=O) groups is 2. The summed E-state index contributed by atoms with van der Waals surface area (Å²) in [6.07, 6.45) is 2.93. The van der Waals surface area contributed by atoms with Gasteiger partial charge in [0.25, 0.3) is 0 Å². The number of anilines is 1. The second-order valence-corrected chi connectivity index (χ2v) is 7.49. The number of aliphatic carboxylic acids is 1. The Bertz CT molecular complexity index is 618. The smallest absolute Gasteiger partial charge is 0.307 e. The largest absolute Gasteiger partial charge is 0.495 e. The van der Waals surface area contributed by atoms with Crippen molar-refractivity contribution < 1.29 is 19.4 Å². The maximum atomic E-state index is 12.7. The van der Waals surface area contributed by atoms with Crippen LogP contribution in [0.4, 0.5) is 5.69 Å². The minimum atomic E-state index is -0.884. The van der Waals surface area contributed by atoms with E-state index in [4.69, 9.17) is 4.74 Å². The average molecular weight is 333 g/mol. The predicted molar refractivity (Wildman–Crippen MR) is 93.4 cm³/mol. The number of carbonyl (C=O) groups excluding carboxylic acids is 1. The Kier molecular flexibility index (Phi) is 5.52. The van der Waals surface area contributed by atoms with Crippen LogP contribution in [0, 0.1) is 11.8 Å². The highest BCUT2D eigenvalue weighted by molar-refractivity contribution is 5.96. The topological polar surface area (TPSA) is 75.6 Å². The molecule has 2 N–H and O–H groups in total. The van der Waals surface area contributed by atoms with E-state index in [1.807, 2.05) is 18.2 Å². The molecule has 132 valence electrons. The lowest BCUT2D eigenvalue weighted by Crippen LogP contribution is -2.36. The van der Waals surface area contributed by atoms with E-state index in [9.17, 15) is 14.7 Å². The lowest BCUT2D eigenvalue weighted by Gasteiger charge is -2.28. The van der Waals surface area contributed by atoms with Crippen molar-refractivity contribution in [3.63, 3.8) is 0 Å². The molecule has 0 radical (unpaired) electrons. The quantitative estimate of drug-likeness (QED) is 0.878. The molecule has 0 spiro atoms. The predicted octanol–water partition coefficient (Wildman–Crippen LogP) is 3.82. The summed E-state index contributed by atoms with van der Waals surface area (Å²) in [5.41, 5.74) is 1.63. The van der Waals surface area contributed by atoms with Crippen LogP contribution in [0.1, 0.15) is 52.0 Å². The lowest BCUT2D eigenvalue weighted by molar-refractivity contribution is -0.147. The molecule has 5 nitrogen and oxygen atoms in total. The molecule has 1 saturated carbocycles. The number of ether oxygens (including phenoxy) is 1. The zero-order valence-corrected chi connectivity index (χ0v) is 14.9. The molecule has 1 fully saturated rings. The standard InChI is InChI=1S/C19H27NO4/c1-19(2,3)12-9-10-16(24-4)15(11-12)20-17(21)13-7-5-6-8-14(13)18(22)23/h9-11,13-14H,5-8H2,1-4H3,(H,20,21)(H,22,23)/t13-,14-/m1/s1. The number of hydrogen-bond acceptors (Lipinski definition) is 3. The second kappa shape index (κ2) is 7.24. The summed E-state index contributed by atoms with van der Waals surface area (Å²) in [6.45, 7) is 6.30. The number of hydrogen-bond donors (Lipinski definition) is 2. The van der Waals surface area contributed by atoms with E-state index in [0.29, 0.717) is 24.3 Å². The van der Waals surface area contributed by atoms with Crippen LogP contribution in [0.3, 0.4) is 0 Å². The normalized spacial score (nSPS) is 21.2. The molecular formula is C19H27NO4. The summed E-state index contributed by atoms with van der Waals surface area (Å²) in [4.78, 5) is 24.1. The Morgan fingerprint density at radius 2 is 1.79 bits per heavy atom. The van der Waals surface area contributed by atoms with Crippen molar-refractivity contribution in [3.05, 3.63) is 23.8 Å². The number of amides is 1. The summed E-state index contributed by atoms with van der Waals surface area (Å²) < 4.78 is 5.34. The van der Waals surface area contributed by atoms with Crippen molar-refractivity contribution in [3.8, 4) is 5.75 Å². The third kappa shape index (κ3) is 4.08. The summed E-state index contributed by atoms with van der Waals surface area (Å²) in [5, 5.41) is 12.3. The van der Waals surface area contributed by atoms with Crippen LogP contribution < -0.4 is 10.1 Å². The maximum absolute atomic E-state index is 12.7. The van der Waals surface area contributed by atoms with Gasteiger partial charge in [-0.3, -0.25) is 9.59 Å². The fraction of sp³-hybridized carbons (Fsp3) is 0.579. The molecule has 24 heavy (non-hydrogen) atoms. The molecule has 5 heteroatoms. The van der Waals surface area contributed by atoms with Crippen LogP contribution in [0.25, 0.3) is 0 Å². The average Bonchev–Trinajstić information content (AvgIpc) is 2.53. The third-order valence-electron chi connectivity index (χ3n) is 4.74. The number of methoxy groups -OCH3 is 1. The molecule has 0 bridgehead atoms. The highest BCUT2D eigenvalue weighted by atomic mass is 16.5. The molecule has 1 aliphatic carbocycles. The maximum Gasteiger partial charge on any atom is 0.307 e. The second-order valence-electron chi connectivity index (χ2n) is 7.49. The molecule has 0 saturated heterocycles. The van der Waals surface area contributed by atoms with Gasteiger partial charge in [-0.25, -0.2) is 0 Å². The first-order chi connectivity index (χ1) is 11.2. The molecule has 0 aromatic heterocycles. The van der Waals surface area contributed by atoms with E-state index in [-0.39, 0.29) is 11.3 Å². The Morgan fingerprint density at radius 1 is 1.17 bits per heavy atom. The minimum Gasteiger partial charge on any atom is -0.495 e. The van der Waals surface area contributed by atoms with Gasteiger partial charge in [-0.2, -0.15) is 0 Å². The minimum absolute atomic E-state index is 0.0554. The fourth-order valence-corrected chi connectivity index (χ4v) is 3.24. The van der Waals surface area contributed by atoms with Crippen LogP contribution >= 0.6 is 0 Å². The van der Waals surface area contributed by atoms with Crippen molar-refractivity contribution in [2.45, 2.75) is 51.9 Å². The third-order valence-corrected chi connectivity index (χ3v) is 4.74. The molecule has 1 aliphatic rings. The number of benzene rings is 1. The van der Waals surface area contributed by atoms with Gasteiger partial charge < -0.3 is 15.2 Å². The Hall–Kier alpha value is -2.04. The lowest BCUT2D eigenvalue weighted by atomic mass is 9.78. The van der Waals surface area contributed by atoms with Crippen LogP contribution in [-0.2, 0) is 15.0 Å². The Labute approximate surface area is 143 Å². The highest BCUT2D eigenvalue weighted by Gasteiger charge is 2.36. The number of nitrogens with one attached hydrogen (secondary N) is 1. The van der Waals surface area contributed by atoms with E-state index in [0.717, 1.165) is 18.4 Å². The van der Waals surface area contributed by atoms with Gasteiger partial charge in [-0.1, -0.05) is 39.7 Å². The van der Waals surface area contributed by atoms with E-state index in [1.54, 1.807) is 7.11 Å². The van der Waals surface area contributed by atoms with E-state index in [1.165, 1.54) is 0 Å². The number of rotatable bonds is 4. The zero-order chi connectivity index (χ0) is 17.9.